The topological polar surface area (TPSA) is 71.5 Å². The van der Waals surface area contributed by atoms with E-state index >= 15 is 0 Å². The van der Waals surface area contributed by atoms with Crippen molar-refractivity contribution in [2.24, 2.45) is 0 Å². The van der Waals surface area contributed by atoms with Gasteiger partial charge in [-0.1, -0.05) is 0 Å². The molecule has 0 saturated carbocycles. The molecular weight excluding hydrogens is 282 g/mol. The predicted octanol–water partition coefficient (Wildman–Crippen LogP) is 2.21. The van der Waals surface area contributed by atoms with Crippen LogP contribution in [0.25, 0.3) is 0 Å². The molecule has 2 rings (SSSR count). The first-order valence-corrected chi connectivity index (χ1v) is 6.70. The monoisotopic (exact) mass is 299 g/mol. The molecule has 2 amide bonds. The number of anilines is 1. The number of rotatable bonds is 4. The van der Waals surface area contributed by atoms with Gasteiger partial charge in [-0.15, -0.1) is 0 Å². The molecule has 0 radical (unpaired) electrons. The van der Waals surface area contributed by atoms with Crippen LogP contribution in [0, 0.1) is 0 Å². The summed E-state index contributed by atoms with van der Waals surface area (Å²) in [5.74, 6) is -0.406. The van der Waals surface area contributed by atoms with E-state index in [9.17, 15) is 9.59 Å². The first-order valence-electron chi connectivity index (χ1n) is 6.70. The van der Waals surface area contributed by atoms with Gasteiger partial charge in [0.1, 0.15) is 0 Å². The Hall–Kier alpha value is -2.89. The van der Waals surface area contributed by atoms with Crippen molar-refractivity contribution in [2.75, 3.05) is 19.1 Å². The summed E-state index contributed by atoms with van der Waals surface area (Å²) in [6.07, 6.45) is 3.35. The van der Waals surface area contributed by atoms with E-state index in [1.165, 1.54) is 12.0 Å². The fourth-order valence-corrected chi connectivity index (χ4v) is 1.85. The van der Waals surface area contributed by atoms with Gasteiger partial charge >= 0.3 is 12.0 Å². The van der Waals surface area contributed by atoms with Gasteiger partial charge < -0.3 is 10.1 Å². The molecule has 6 nitrogen and oxygen atoms in total. The van der Waals surface area contributed by atoms with Crippen molar-refractivity contribution in [1.82, 2.24) is 10.3 Å². The highest BCUT2D eigenvalue weighted by Crippen LogP contribution is 2.14. The standard InChI is InChI=1S/C16H17N3O3/c1-19(14-5-3-13(4-6-14)15(20)22-2)16(21)18-11-12-7-9-17-10-8-12/h3-10H,11H2,1-2H3,(H,18,21). The number of carbonyl (C=O) groups excluding carboxylic acids is 2. The predicted molar refractivity (Wildman–Crippen MR) is 82.7 cm³/mol. The summed E-state index contributed by atoms with van der Waals surface area (Å²) >= 11 is 0. The Balaban J connectivity index is 1.96. The number of aromatic nitrogens is 1. The molecule has 6 heteroatoms. The second-order valence-corrected chi connectivity index (χ2v) is 4.61. The zero-order chi connectivity index (χ0) is 15.9. The van der Waals surface area contributed by atoms with Crippen LogP contribution in [0.1, 0.15) is 15.9 Å². The third kappa shape index (κ3) is 3.82. The van der Waals surface area contributed by atoms with Crippen molar-refractivity contribution >= 4 is 17.7 Å². The Labute approximate surface area is 128 Å². The maximum atomic E-state index is 12.1. The van der Waals surface area contributed by atoms with E-state index in [-0.39, 0.29) is 6.03 Å². The molecule has 0 aliphatic carbocycles. The van der Waals surface area contributed by atoms with Crippen molar-refractivity contribution in [2.45, 2.75) is 6.54 Å². The lowest BCUT2D eigenvalue weighted by Gasteiger charge is -2.18. The number of carbonyl (C=O) groups is 2. The van der Waals surface area contributed by atoms with Gasteiger partial charge in [-0.2, -0.15) is 0 Å². The highest BCUT2D eigenvalue weighted by atomic mass is 16.5. The molecule has 1 N–H and O–H groups in total. The minimum absolute atomic E-state index is 0.234. The van der Waals surface area contributed by atoms with Crippen LogP contribution >= 0.6 is 0 Å². The normalized spacial score (nSPS) is 9.91. The van der Waals surface area contributed by atoms with Crippen LogP contribution < -0.4 is 10.2 Å². The molecule has 114 valence electrons. The van der Waals surface area contributed by atoms with Gasteiger partial charge in [0, 0.05) is 31.7 Å². The van der Waals surface area contributed by atoms with E-state index in [4.69, 9.17) is 0 Å². The molecule has 0 spiro atoms. The van der Waals surface area contributed by atoms with Crippen LogP contribution in [-0.4, -0.2) is 31.1 Å². The molecule has 0 bridgehead atoms. The van der Waals surface area contributed by atoms with Gasteiger partial charge in [0.15, 0.2) is 0 Å². The van der Waals surface area contributed by atoms with E-state index < -0.39 is 5.97 Å². The average molecular weight is 299 g/mol. The number of methoxy groups -OCH3 is 1. The Morgan fingerprint density at radius 3 is 2.36 bits per heavy atom. The average Bonchev–Trinajstić information content (AvgIpc) is 2.59. The highest BCUT2D eigenvalue weighted by molar-refractivity contribution is 5.93. The van der Waals surface area contributed by atoms with Crippen LogP contribution in [0.2, 0.25) is 0 Å². The molecule has 0 fully saturated rings. The highest BCUT2D eigenvalue weighted by Gasteiger charge is 2.11. The first kappa shape index (κ1) is 15.5. The van der Waals surface area contributed by atoms with Crippen LogP contribution in [0.15, 0.2) is 48.8 Å². The number of ether oxygens (including phenoxy) is 1. The Kier molecular flexibility index (Phi) is 5.08. The van der Waals surface area contributed by atoms with E-state index in [1.54, 1.807) is 43.7 Å². The lowest BCUT2D eigenvalue weighted by atomic mass is 10.2. The zero-order valence-corrected chi connectivity index (χ0v) is 12.4. The summed E-state index contributed by atoms with van der Waals surface area (Å²) < 4.78 is 4.63. The Morgan fingerprint density at radius 2 is 1.77 bits per heavy atom. The number of hydrogen-bond donors (Lipinski definition) is 1. The number of amides is 2. The largest absolute Gasteiger partial charge is 0.465 e. The number of nitrogens with zero attached hydrogens (tertiary/aromatic N) is 2. The van der Waals surface area contributed by atoms with Crippen molar-refractivity contribution in [3.63, 3.8) is 0 Å². The van der Waals surface area contributed by atoms with Crippen LogP contribution in [0.3, 0.4) is 0 Å². The third-order valence-electron chi connectivity index (χ3n) is 3.17. The molecule has 0 unspecified atom stereocenters. The van der Waals surface area contributed by atoms with Crippen LogP contribution in [0.4, 0.5) is 10.5 Å². The molecule has 22 heavy (non-hydrogen) atoms. The number of benzene rings is 1. The summed E-state index contributed by atoms with van der Waals surface area (Å²) in [6, 6.07) is 10.1. The summed E-state index contributed by atoms with van der Waals surface area (Å²) in [5, 5.41) is 2.81. The van der Waals surface area contributed by atoms with Crippen LogP contribution in [-0.2, 0) is 11.3 Å². The molecule has 0 aliphatic rings. The number of esters is 1. The van der Waals surface area contributed by atoms with Gasteiger partial charge in [-0.3, -0.25) is 9.88 Å². The van der Waals surface area contributed by atoms with E-state index in [2.05, 4.69) is 15.0 Å². The summed E-state index contributed by atoms with van der Waals surface area (Å²) in [6.45, 7) is 0.423. The summed E-state index contributed by atoms with van der Waals surface area (Å²) in [4.78, 5) is 28.9. The molecule has 1 aromatic carbocycles. The lowest BCUT2D eigenvalue weighted by molar-refractivity contribution is 0.0601. The number of hydrogen-bond acceptors (Lipinski definition) is 4. The second-order valence-electron chi connectivity index (χ2n) is 4.61. The zero-order valence-electron chi connectivity index (χ0n) is 12.4. The van der Waals surface area contributed by atoms with Gasteiger partial charge in [0.2, 0.25) is 0 Å². The van der Waals surface area contributed by atoms with Crippen molar-refractivity contribution in [3.8, 4) is 0 Å². The van der Waals surface area contributed by atoms with Gasteiger partial charge in [-0.25, -0.2) is 9.59 Å². The first-order chi connectivity index (χ1) is 10.6. The number of urea groups is 1. The number of pyridine rings is 1. The SMILES string of the molecule is COC(=O)c1ccc(N(C)C(=O)NCc2ccncc2)cc1. The molecule has 1 aromatic heterocycles. The van der Waals surface area contributed by atoms with E-state index in [1.807, 2.05) is 12.1 Å². The van der Waals surface area contributed by atoms with Crippen molar-refractivity contribution in [3.05, 3.63) is 59.9 Å². The summed E-state index contributed by atoms with van der Waals surface area (Å²) in [5.41, 5.74) is 2.09. The van der Waals surface area contributed by atoms with Crippen LogP contribution in [0.5, 0.6) is 0 Å². The molecule has 2 aromatic rings. The van der Waals surface area contributed by atoms with E-state index in [0.29, 0.717) is 17.8 Å². The molecular formula is C16H17N3O3. The van der Waals surface area contributed by atoms with E-state index in [0.717, 1.165) is 5.56 Å². The van der Waals surface area contributed by atoms with Crippen molar-refractivity contribution < 1.29 is 14.3 Å². The molecule has 0 aliphatic heterocycles. The maximum Gasteiger partial charge on any atom is 0.337 e. The molecule has 0 atom stereocenters. The van der Waals surface area contributed by atoms with Gasteiger partial charge in [-0.05, 0) is 42.0 Å². The quantitative estimate of drug-likeness (QED) is 0.879. The molecule has 1 heterocycles. The maximum absolute atomic E-state index is 12.1. The fraction of sp³-hybridized carbons (Fsp3) is 0.188. The smallest absolute Gasteiger partial charge is 0.337 e. The lowest BCUT2D eigenvalue weighted by Crippen LogP contribution is -2.36. The second kappa shape index (κ2) is 7.21. The minimum Gasteiger partial charge on any atom is -0.465 e. The van der Waals surface area contributed by atoms with Gasteiger partial charge in [0.25, 0.3) is 0 Å². The Morgan fingerprint density at radius 1 is 1.14 bits per heavy atom. The van der Waals surface area contributed by atoms with Crippen molar-refractivity contribution in [1.29, 1.82) is 0 Å². The number of nitrogens with one attached hydrogen (secondary N) is 1. The molecule has 0 saturated heterocycles. The third-order valence-corrected chi connectivity index (χ3v) is 3.17. The fourth-order valence-electron chi connectivity index (χ4n) is 1.85. The Bertz CT molecular complexity index is 641. The minimum atomic E-state index is -0.406. The summed E-state index contributed by atoms with van der Waals surface area (Å²) in [7, 11) is 2.99. The van der Waals surface area contributed by atoms with Gasteiger partial charge in [0.05, 0.1) is 12.7 Å².